The van der Waals surface area contributed by atoms with Crippen LogP contribution in [-0.2, 0) is 9.53 Å². The summed E-state index contributed by atoms with van der Waals surface area (Å²) in [6.07, 6.45) is 22.7. The SMILES string of the molecule is CCCCCCCCCCCCCCCCCOC(=O)C1CC1. The lowest BCUT2D eigenvalue weighted by atomic mass is 10.0. The van der Waals surface area contributed by atoms with E-state index in [1.807, 2.05) is 0 Å². The summed E-state index contributed by atoms with van der Waals surface area (Å²) in [4.78, 5) is 11.3. The lowest BCUT2D eigenvalue weighted by Crippen LogP contribution is -2.07. The van der Waals surface area contributed by atoms with Gasteiger partial charge in [-0.15, -0.1) is 0 Å². The molecule has 0 saturated heterocycles. The lowest BCUT2D eigenvalue weighted by Gasteiger charge is -2.04. The Hall–Kier alpha value is -0.530. The molecule has 0 N–H and O–H groups in total. The highest BCUT2D eigenvalue weighted by molar-refractivity contribution is 5.74. The van der Waals surface area contributed by atoms with E-state index >= 15 is 0 Å². The zero-order chi connectivity index (χ0) is 16.6. The summed E-state index contributed by atoms with van der Waals surface area (Å²) in [6, 6.07) is 0. The van der Waals surface area contributed by atoms with Crippen molar-refractivity contribution in [1.82, 2.24) is 0 Å². The van der Waals surface area contributed by atoms with Crippen molar-refractivity contribution in [3.05, 3.63) is 0 Å². The van der Waals surface area contributed by atoms with Gasteiger partial charge in [-0.05, 0) is 19.3 Å². The maximum atomic E-state index is 11.3. The predicted octanol–water partition coefficient (Wildman–Crippen LogP) is 6.81. The molecule has 2 nitrogen and oxygen atoms in total. The third kappa shape index (κ3) is 13.6. The maximum Gasteiger partial charge on any atom is 0.308 e. The summed E-state index contributed by atoms with van der Waals surface area (Å²) < 4.78 is 5.24. The van der Waals surface area contributed by atoms with Crippen LogP contribution in [0, 0.1) is 5.92 Å². The van der Waals surface area contributed by atoms with Gasteiger partial charge in [-0.2, -0.15) is 0 Å². The smallest absolute Gasteiger partial charge is 0.308 e. The molecule has 0 aliphatic heterocycles. The summed E-state index contributed by atoms with van der Waals surface area (Å²) in [5, 5.41) is 0. The molecule has 0 aromatic carbocycles. The van der Waals surface area contributed by atoms with Crippen LogP contribution in [0.25, 0.3) is 0 Å². The van der Waals surface area contributed by atoms with Gasteiger partial charge in [-0.3, -0.25) is 4.79 Å². The molecular formula is C21H40O2. The Labute approximate surface area is 144 Å². The summed E-state index contributed by atoms with van der Waals surface area (Å²) >= 11 is 0. The quantitative estimate of drug-likeness (QED) is 0.217. The van der Waals surface area contributed by atoms with E-state index in [1.54, 1.807) is 0 Å². The highest BCUT2D eigenvalue weighted by atomic mass is 16.5. The highest BCUT2D eigenvalue weighted by Gasteiger charge is 2.30. The minimum Gasteiger partial charge on any atom is -0.465 e. The van der Waals surface area contributed by atoms with Gasteiger partial charge in [0.25, 0.3) is 0 Å². The van der Waals surface area contributed by atoms with Crippen LogP contribution in [0.15, 0.2) is 0 Å². The molecule has 1 rings (SSSR count). The second-order valence-corrected chi connectivity index (χ2v) is 7.39. The Morgan fingerprint density at radius 3 is 1.48 bits per heavy atom. The first-order valence-corrected chi connectivity index (χ1v) is 10.5. The van der Waals surface area contributed by atoms with Crippen LogP contribution in [-0.4, -0.2) is 12.6 Å². The standard InChI is InChI=1S/C21H40O2/c1-2-3-4-5-6-7-8-9-10-11-12-13-14-15-16-19-23-21(22)20-17-18-20/h20H,2-19H2,1H3. The molecule has 0 bridgehead atoms. The van der Waals surface area contributed by atoms with Crippen molar-refractivity contribution in [3.63, 3.8) is 0 Å². The number of hydrogen-bond acceptors (Lipinski definition) is 2. The maximum absolute atomic E-state index is 11.3. The van der Waals surface area contributed by atoms with Crippen LogP contribution in [0.4, 0.5) is 0 Å². The fraction of sp³-hybridized carbons (Fsp3) is 0.952. The summed E-state index contributed by atoms with van der Waals surface area (Å²) in [7, 11) is 0. The average Bonchev–Trinajstić information content (AvgIpc) is 3.39. The molecule has 136 valence electrons. The molecule has 0 aromatic heterocycles. The Bertz CT molecular complexity index is 271. The first-order chi connectivity index (χ1) is 11.3. The number of hydrogen-bond donors (Lipinski definition) is 0. The van der Waals surface area contributed by atoms with Gasteiger partial charge in [0.1, 0.15) is 0 Å². The van der Waals surface area contributed by atoms with Crippen LogP contribution in [0.3, 0.4) is 0 Å². The van der Waals surface area contributed by atoms with Crippen LogP contribution in [0.1, 0.15) is 116 Å². The van der Waals surface area contributed by atoms with Gasteiger partial charge in [-0.25, -0.2) is 0 Å². The summed E-state index contributed by atoms with van der Waals surface area (Å²) in [5.41, 5.74) is 0. The molecule has 1 aliphatic carbocycles. The molecule has 0 aromatic rings. The second-order valence-electron chi connectivity index (χ2n) is 7.39. The minimum absolute atomic E-state index is 0.0513. The molecule has 0 atom stereocenters. The molecular weight excluding hydrogens is 284 g/mol. The molecule has 1 aliphatic rings. The fourth-order valence-electron chi connectivity index (χ4n) is 3.08. The van der Waals surface area contributed by atoms with Gasteiger partial charge in [0.2, 0.25) is 0 Å². The van der Waals surface area contributed by atoms with Crippen LogP contribution in [0.5, 0.6) is 0 Å². The van der Waals surface area contributed by atoms with E-state index in [-0.39, 0.29) is 11.9 Å². The zero-order valence-corrected chi connectivity index (χ0v) is 15.6. The molecule has 1 fully saturated rings. The van der Waals surface area contributed by atoms with E-state index in [1.165, 1.54) is 89.9 Å². The van der Waals surface area contributed by atoms with Crippen molar-refractivity contribution in [2.75, 3.05) is 6.61 Å². The minimum atomic E-state index is 0.0513. The van der Waals surface area contributed by atoms with Gasteiger partial charge in [0.05, 0.1) is 12.5 Å². The average molecular weight is 325 g/mol. The van der Waals surface area contributed by atoms with Gasteiger partial charge in [0.15, 0.2) is 0 Å². The Morgan fingerprint density at radius 2 is 1.09 bits per heavy atom. The summed E-state index contributed by atoms with van der Waals surface area (Å²) in [6.45, 7) is 2.93. The summed E-state index contributed by atoms with van der Waals surface area (Å²) in [5.74, 6) is 0.307. The highest BCUT2D eigenvalue weighted by Crippen LogP contribution is 2.30. The van der Waals surface area contributed by atoms with E-state index in [9.17, 15) is 4.79 Å². The van der Waals surface area contributed by atoms with Gasteiger partial charge in [0, 0.05) is 0 Å². The third-order valence-corrected chi connectivity index (χ3v) is 4.90. The second kappa shape index (κ2) is 15.0. The topological polar surface area (TPSA) is 26.3 Å². The number of ether oxygens (including phenoxy) is 1. The van der Waals surface area contributed by atoms with Gasteiger partial charge < -0.3 is 4.74 Å². The van der Waals surface area contributed by atoms with Crippen molar-refractivity contribution < 1.29 is 9.53 Å². The van der Waals surface area contributed by atoms with Crippen molar-refractivity contribution in [3.8, 4) is 0 Å². The third-order valence-electron chi connectivity index (χ3n) is 4.90. The van der Waals surface area contributed by atoms with Crippen LogP contribution >= 0.6 is 0 Å². The Morgan fingerprint density at radius 1 is 0.696 bits per heavy atom. The normalized spacial score (nSPS) is 14.1. The van der Waals surface area contributed by atoms with Crippen molar-refractivity contribution in [2.45, 2.75) is 116 Å². The van der Waals surface area contributed by atoms with Crippen molar-refractivity contribution in [2.24, 2.45) is 5.92 Å². The molecule has 1 saturated carbocycles. The zero-order valence-electron chi connectivity index (χ0n) is 15.6. The van der Waals surface area contributed by atoms with E-state index in [0.29, 0.717) is 6.61 Å². The molecule has 2 heteroatoms. The molecule has 0 unspecified atom stereocenters. The molecule has 23 heavy (non-hydrogen) atoms. The largest absolute Gasteiger partial charge is 0.465 e. The van der Waals surface area contributed by atoms with Crippen LogP contribution in [0.2, 0.25) is 0 Å². The van der Waals surface area contributed by atoms with Gasteiger partial charge in [-0.1, -0.05) is 96.8 Å². The predicted molar refractivity (Wildman–Crippen MR) is 98.6 cm³/mol. The van der Waals surface area contributed by atoms with Crippen molar-refractivity contribution in [1.29, 1.82) is 0 Å². The Kier molecular flexibility index (Phi) is 13.4. The van der Waals surface area contributed by atoms with Crippen LogP contribution < -0.4 is 0 Å². The fourth-order valence-corrected chi connectivity index (χ4v) is 3.08. The van der Waals surface area contributed by atoms with Crippen molar-refractivity contribution >= 4 is 5.97 Å². The van der Waals surface area contributed by atoms with Gasteiger partial charge >= 0.3 is 5.97 Å². The number of unbranched alkanes of at least 4 members (excludes halogenated alkanes) is 14. The first-order valence-electron chi connectivity index (χ1n) is 10.5. The Balaban J connectivity index is 1.64. The van der Waals surface area contributed by atoms with E-state index in [0.717, 1.165) is 19.3 Å². The van der Waals surface area contributed by atoms with E-state index in [2.05, 4.69) is 6.92 Å². The molecule has 0 heterocycles. The number of rotatable bonds is 17. The molecule has 0 radical (unpaired) electrons. The van der Waals surface area contributed by atoms with E-state index in [4.69, 9.17) is 4.74 Å². The first kappa shape index (κ1) is 20.5. The number of carbonyl (C=O) groups excluding carboxylic acids is 1. The monoisotopic (exact) mass is 324 g/mol. The number of esters is 1. The van der Waals surface area contributed by atoms with E-state index < -0.39 is 0 Å². The number of carbonyl (C=O) groups is 1. The lowest BCUT2D eigenvalue weighted by molar-refractivity contribution is -0.145. The molecule has 0 spiro atoms. The molecule has 0 amide bonds.